The van der Waals surface area contributed by atoms with Gasteiger partial charge in [-0.15, -0.1) is 0 Å². The summed E-state index contributed by atoms with van der Waals surface area (Å²) in [5.41, 5.74) is -5.47. The standard InChI is InChI=1S/C32H33BF3O5PS/c1-30(2)31(3,4)40-33(39-30)26-22-20-25(21-23-26)24-42(27-14-8-5-9-15-27,28-16-10-6-11-17-28,29-18-12-7-13-19-29)41-43(37,38)32(34,35)36/h5-23H,24H2,1-4H3. The molecule has 0 radical (unpaired) electrons. The maximum absolute atomic E-state index is 14.3. The number of hydrogen-bond acceptors (Lipinski definition) is 5. The van der Waals surface area contributed by atoms with Crippen molar-refractivity contribution < 1.29 is 34.9 Å². The van der Waals surface area contributed by atoms with Gasteiger partial charge in [0.05, 0.1) is 0 Å². The summed E-state index contributed by atoms with van der Waals surface area (Å²) in [5.74, 6) is 0. The van der Waals surface area contributed by atoms with Crippen LogP contribution in [-0.4, -0.2) is 32.2 Å². The Balaban J connectivity index is 1.78. The molecule has 1 fully saturated rings. The van der Waals surface area contributed by atoms with E-state index in [9.17, 15) is 21.6 Å². The first kappa shape index (κ1) is 31.4. The van der Waals surface area contributed by atoms with Crippen molar-refractivity contribution >= 4 is 45.4 Å². The molecule has 0 bridgehead atoms. The second kappa shape index (κ2) is 10.9. The van der Waals surface area contributed by atoms with Gasteiger partial charge < -0.3 is 0 Å². The van der Waals surface area contributed by atoms with Gasteiger partial charge in [0.15, 0.2) is 0 Å². The van der Waals surface area contributed by atoms with Gasteiger partial charge in [-0.3, -0.25) is 0 Å². The van der Waals surface area contributed by atoms with E-state index >= 15 is 0 Å². The van der Waals surface area contributed by atoms with Gasteiger partial charge in [-0.1, -0.05) is 0 Å². The van der Waals surface area contributed by atoms with Gasteiger partial charge >= 0.3 is 252 Å². The number of hydrogen-bond donors (Lipinski definition) is 0. The summed E-state index contributed by atoms with van der Waals surface area (Å²) < 4.78 is 87.3. The van der Waals surface area contributed by atoms with Crippen molar-refractivity contribution in [1.82, 2.24) is 0 Å². The van der Waals surface area contributed by atoms with E-state index in [1.165, 1.54) is 0 Å². The van der Waals surface area contributed by atoms with Crippen LogP contribution in [0.1, 0.15) is 33.3 Å². The van der Waals surface area contributed by atoms with Crippen molar-refractivity contribution in [1.29, 1.82) is 0 Å². The van der Waals surface area contributed by atoms with E-state index in [1.54, 1.807) is 115 Å². The van der Waals surface area contributed by atoms with Crippen LogP contribution in [0.4, 0.5) is 13.2 Å². The normalized spacial score (nSPS) is 17.7. The molecular weight excluding hydrogens is 595 g/mol. The number of alkyl halides is 3. The molecule has 0 unspecified atom stereocenters. The first-order valence-corrected chi connectivity index (χ1v) is 17.5. The number of halogens is 3. The zero-order chi connectivity index (χ0) is 31.2. The Morgan fingerprint density at radius 3 is 1.40 bits per heavy atom. The molecule has 1 aliphatic heterocycles. The van der Waals surface area contributed by atoms with Crippen LogP contribution in [0.25, 0.3) is 0 Å². The van der Waals surface area contributed by atoms with E-state index in [4.69, 9.17) is 13.3 Å². The van der Waals surface area contributed by atoms with Crippen LogP contribution in [-0.2, 0) is 29.6 Å². The molecule has 0 aliphatic carbocycles. The van der Waals surface area contributed by atoms with Crippen molar-refractivity contribution in [3.63, 3.8) is 0 Å². The van der Waals surface area contributed by atoms with E-state index in [-0.39, 0.29) is 6.16 Å². The van der Waals surface area contributed by atoms with Crippen LogP contribution in [0.15, 0.2) is 115 Å². The zero-order valence-corrected chi connectivity index (χ0v) is 26.0. The van der Waals surface area contributed by atoms with Gasteiger partial charge in [0.1, 0.15) is 0 Å². The molecule has 1 heterocycles. The number of benzene rings is 4. The molecule has 0 saturated carbocycles. The van der Waals surface area contributed by atoms with Crippen LogP contribution < -0.4 is 21.4 Å². The molecule has 0 amide bonds. The SMILES string of the molecule is CC1(C)OB(c2ccc(CP(OS(=O)(=O)C(F)(F)F)(c3ccccc3)(c3ccccc3)c3ccccc3)cc2)OC1(C)C. The van der Waals surface area contributed by atoms with Gasteiger partial charge in [-0.05, 0) is 0 Å². The van der Waals surface area contributed by atoms with E-state index < -0.39 is 40.8 Å². The second-order valence-electron chi connectivity index (χ2n) is 11.7. The summed E-state index contributed by atoms with van der Waals surface area (Å²) in [4.78, 5) is 0. The molecule has 0 N–H and O–H groups in total. The summed E-state index contributed by atoms with van der Waals surface area (Å²) in [7, 11) is -6.75. The van der Waals surface area contributed by atoms with Crippen molar-refractivity contribution in [2.24, 2.45) is 0 Å². The molecule has 5 nitrogen and oxygen atoms in total. The monoisotopic (exact) mass is 628 g/mol. The average Bonchev–Trinajstić information content (AvgIpc) is 3.20. The molecule has 1 saturated heterocycles. The van der Waals surface area contributed by atoms with E-state index in [0.29, 0.717) is 21.5 Å². The topological polar surface area (TPSA) is 61.8 Å². The van der Waals surface area contributed by atoms with E-state index in [1.807, 2.05) is 27.7 Å². The molecule has 43 heavy (non-hydrogen) atoms. The fourth-order valence-electron chi connectivity index (χ4n) is 5.47. The molecule has 1 aliphatic rings. The average molecular weight is 628 g/mol. The molecule has 5 rings (SSSR count). The Kier molecular flexibility index (Phi) is 7.94. The van der Waals surface area contributed by atoms with Crippen LogP contribution in [0.3, 0.4) is 0 Å². The van der Waals surface area contributed by atoms with Gasteiger partial charge in [0.2, 0.25) is 0 Å². The molecular formula is C32H33BF3O5PS. The van der Waals surface area contributed by atoms with E-state index in [0.717, 1.165) is 5.46 Å². The minimum absolute atomic E-state index is 0.164. The molecule has 226 valence electrons. The van der Waals surface area contributed by atoms with Crippen LogP contribution in [0.2, 0.25) is 0 Å². The molecule has 4 aromatic carbocycles. The van der Waals surface area contributed by atoms with Crippen molar-refractivity contribution in [3.8, 4) is 0 Å². The summed E-state index contributed by atoms with van der Waals surface area (Å²) >= 11 is 0. The van der Waals surface area contributed by atoms with Gasteiger partial charge in [0.25, 0.3) is 0 Å². The number of rotatable bonds is 8. The van der Waals surface area contributed by atoms with Crippen molar-refractivity contribution in [2.45, 2.75) is 50.6 Å². The third kappa shape index (κ3) is 5.34. The van der Waals surface area contributed by atoms with Crippen molar-refractivity contribution in [3.05, 3.63) is 121 Å². The Bertz CT molecular complexity index is 1570. The summed E-state index contributed by atoms with van der Waals surface area (Å²) in [5, 5.41) is 1.02. The maximum atomic E-state index is 14.3. The first-order valence-electron chi connectivity index (χ1n) is 13.8. The van der Waals surface area contributed by atoms with Gasteiger partial charge in [-0.25, -0.2) is 0 Å². The predicted molar refractivity (Wildman–Crippen MR) is 167 cm³/mol. The molecule has 0 aromatic heterocycles. The first-order chi connectivity index (χ1) is 20.1. The van der Waals surface area contributed by atoms with Crippen LogP contribution >= 0.6 is 6.83 Å². The van der Waals surface area contributed by atoms with Crippen LogP contribution in [0, 0.1) is 0 Å². The van der Waals surface area contributed by atoms with Gasteiger partial charge in [-0.2, -0.15) is 0 Å². The molecule has 0 spiro atoms. The summed E-state index contributed by atoms with van der Waals surface area (Å²) in [6.07, 6.45) is -0.164. The fourth-order valence-corrected chi connectivity index (χ4v) is 13.5. The second-order valence-corrected chi connectivity index (χ2v) is 17.9. The summed E-state index contributed by atoms with van der Waals surface area (Å²) in [6.45, 7) is 2.83. The third-order valence-corrected chi connectivity index (χ3v) is 16.3. The Morgan fingerprint density at radius 2 is 1.05 bits per heavy atom. The Hall–Kier alpha value is -3.01. The molecule has 0 atom stereocenters. The fraction of sp³-hybridized carbons (Fsp3) is 0.250. The summed E-state index contributed by atoms with van der Waals surface area (Å²) in [6, 6.07) is 32.2. The molecule has 4 aromatic rings. The Morgan fingerprint density at radius 1 is 0.674 bits per heavy atom. The molecule has 11 heteroatoms. The van der Waals surface area contributed by atoms with Crippen LogP contribution in [0.5, 0.6) is 0 Å². The quantitative estimate of drug-likeness (QED) is 0.140. The zero-order valence-electron chi connectivity index (χ0n) is 24.3. The van der Waals surface area contributed by atoms with E-state index in [2.05, 4.69) is 0 Å². The third-order valence-electron chi connectivity index (χ3n) is 8.44. The minimum atomic E-state index is -6.11. The Labute approximate surface area is 251 Å². The van der Waals surface area contributed by atoms with Crippen molar-refractivity contribution in [2.75, 3.05) is 0 Å². The predicted octanol–water partition coefficient (Wildman–Crippen LogP) is 5.80. The van der Waals surface area contributed by atoms with Gasteiger partial charge in [0, 0.05) is 0 Å².